The van der Waals surface area contributed by atoms with Crippen molar-refractivity contribution in [2.75, 3.05) is 20.2 Å². The summed E-state index contributed by atoms with van der Waals surface area (Å²) in [5.41, 5.74) is 0.295. The van der Waals surface area contributed by atoms with E-state index in [0.717, 1.165) is 19.5 Å². The lowest BCUT2D eigenvalue weighted by molar-refractivity contribution is 0.0600. The zero-order chi connectivity index (χ0) is 16.3. The molecule has 1 aromatic carbocycles. The number of carbonyl (C=O) groups excluding carboxylic acids is 1. The Kier molecular flexibility index (Phi) is 5.60. The molecule has 0 saturated carbocycles. The molecule has 122 valence electrons. The second-order valence-corrected chi connectivity index (χ2v) is 7.87. The van der Waals surface area contributed by atoms with Crippen molar-refractivity contribution >= 4 is 31.9 Å². The lowest BCUT2D eigenvalue weighted by atomic mass is 9.97. The molecule has 0 spiro atoms. The molecule has 2 rings (SSSR count). The van der Waals surface area contributed by atoms with Crippen molar-refractivity contribution in [1.82, 2.24) is 10.0 Å². The predicted octanol–water partition coefficient (Wildman–Crippen LogP) is 1.51. The van der Waals surface area contributed by atoms with Crippen LogP contribution in [0.4, 0.5) is 0 Å². The van der Waals surface area contributed by atoms with E-state index in [4.69, 9.17) is 0 Å². The molecule has 0 radical (unpaired) electrons. The normalized spacial score (nSPS) is 22.3. The number of rotatable bonds is 4. The molecule has 2 unspecified atom stereocenters. The molecule has 0 aliphatic carbocycles. The minimum atomic E-state index is -3.65. The van der Waals surface area contributed by atoms with E-state index < -0.39 is 16.0 Å². The number of sulfonamides is 1. The van der Waals surface area contributed by atoms with Crippen molar-refractivity contribution in [1.29, 1.82) is 0 Å². The van der Waals surface area contributed by atoms with Crippen LogP contribution in [-0.4, -0.2) is 40.6 Å². The quantitative estimate of drug-likeness (QED) is 0.761. The van der Waals surface area contributed by atoms with Gasteiger partial charge in [-0.3, -0.25) is 0 Å². The van der Waals surface area contributed by atoms with Crippen LogP contribution < -0.4 is 10.0 Å². The molecule has 1 aliphatic heterocycles. The van der Waals surface area contributed by atoms with Gasteiger partial charge in [0.05, 0.1) is 17.6 Å². The zero-order valence-corrected chi connectivity index (χ0v) is 14.8. The summed E-state index contributed by atoms with van der Waals surface area (Å²) in [6.07, 6.45) is 0.748. The highest BCUT2D eigenvalue weighted by atomic mass is 79.9. The van der Waals surface area contributed by atoms with E-state index in [9.17, 15) is 13.2 Å². The third-order valence-electron chi connectivity index (χ3n) is 3.73. The van der Waals surface area contributed by atoms with E-state index in [2.05, 4.69) is 30.7 Å². The smallest absolute Gasteiger partial charge is 0.337 e. The van der Waals surface area contributed by atoms with Gasteiger partial charge in [-0.1, -0.05) is 6.92 Å². The standard InChI is InChI=1S/C14H19BrN2O4S/c1-9-8-16-6-5-12(9)17-22(19,20)13-4-3-10(7-11(13)15)14(18)21-2/h3-4,7,9,12,16-17H,5-6,8H2,1-2H3. The van der Waals surface area contributed by atoms with E-state index in [-0.39, 0.29) is 16.9 Å². The number of nitrogens with one attached hydrogen (secondary N) is 2. The van der Waals surface area contributed by atoms with Crippen LogP contribution in [0.5, 0.6) is 0 Å². The maximum atomic E-state index is 12.5. The van der Waals surface area contributed by atoms with Crippen LogP contribution in [0.15, 0.2) is 27.6 Å². The number of carbonyl (C=O) groups is 1. The molecule has 6 nitrogen and oxygen atoms in total. The summed E-state index contributed by atoms with van der Waals surface area (Å²) in [6, 6.07) is 4.20. The number of piperidine rings is 1. The highest BCUT2D eigenvalue weighted by Gasteiger charge is 2.28. The Bertz CT molecular complexity index is 663. The molecule has 0 aromatic heterocycles. The van der Waals surface area contributed by atoms with Crippen molar-refractivity contribution in [3.63, 3.8) is 0 Å². The van der Waals surface area contributed by atoms with Gasteiger partial charge in [0, 0.05) is 10.5 Å². The maximum absolute atomic E-state index is 12.5. The van der Waals surface area contributed by atoms with Gasteiger partial charge in [-0.15, -0.1) is 0 Å². The Morgan fingerprint density at radius 2 is 2.18 bits per heavy atom. The van der Waals surface area contributed by atoms with Crippen LogP contribution in [0.2, 0.25) is 0 Å². The first-order valence-corrected chi connectivity index (χ1v) is 9.23. The lowest BCUT2D eigenvalue weighted by Crippen LogP contribution is -2.48. The van der Waals surface area contributed by atoms with Gasteiger partial charge in [-0.2, -0.15) is 0 Å². The molecule has 0 amide bonds. The Hall–Kier alpha value is -0.960. The molecule has 2 N–H and O–H groups in total. The summed E-state index contributed by atoms with van der Waals surface area (Å²) in [6.45, 7) is 3.59. The molecule has 1 aromatic rings. The van der Waals surface area contributed by atoms with Crippen LogP contribution in [0, 0.1) is 5.92 Å². The Morgan fingerprint density at radius 3 is 2.77 bits per heavy atom. The number of benzene rings is 1. The first kappa shape index (κ1) is 17.4. The van der Waals surface area contributed by atoms with Gasteiger partial charge in [0.25, 0.3) is 0 Å². The van der Waals surface area contributed by atoms with Crippen molar-refractivity contribution in [2.24, 2.45) is 5.92 Å². The second kappa shape index (κ2) is 7.08. The number of methoxy groups -OCH3 is 1. The number of halogens is 1. The van der Waals surface area contributed by atoms with Crippen molar-refractivity contribution in [2.45, 2.75) is 24.3 Å². The summed E-state index contributed by atoms with van der Waals surface area (Å²) in [4.78, 5) is 11.6. The summed E-state index contributed by atoms with van der Waals surface area (Å²) < 4.78 is 32.8. The highest BCUT2D eigenvalue weighted by molar-refractivity contribution is 9.10. The fraction of sp³-hybridized carbons (Fsp3) is 0.500. The number of ether oxygens (including phenoxy) is 1. The second-order valence-electron chi connectivity index (χ2n) is 5.33. The number of esters is 1. The SMILES string of the molecule is COC(=O)c1ccc(S(=O)(=O)NC2CCNCC2C)c(Br)c1. The fourth-order valence-electron chi connectivity index (χ4n) is 2.42. The molecule has 1 heterocycles. The minimum absolute atomic E-state index is 0.0987. The van der Waals surface area contributed by atoms with Crippen LogP contribution in [0.1, 0.15) is 23.7 Å². The molecule has 1 fully saturated rings. The van der Waals surface area contributed by atoms with Crippen molar-refractivity contribution in [3.8, 4) is 0 Å². The molecule has 2 atom stereocenters. The van der Waals surface area contributed by atoms with E-state index in [1.165, 1.54) is 25.3 Å². The molecule has 1 aliphatic rings. The minimum Gasteiger partial charge on any atom is -0.465 e. The van der Waals surface area contributed by atoms with Gasteiger partial charge in [0.1, 0.15) is 0 Å². The molecular formula is C14H19BrN2O4S. The largest absolute Gasteiger partial charge is 0.465 e. The summed E-state index contributed by atoms with van der Waals surface area (Å²) in [5, 5.41) is 3.23. The highest BCUT2D eigenvalue weighted by Crippen LogP contribution is 2.25. The van der Waals surface area contributed by atoms with Crippen molar-refractivity contribution < 1.29 is 17.9 Å². The van der Waals surface area contributed by atoms with Crippen LogP contribution in [0.25, 0.3) is 0 Å². The van der Waals surface area contributed by atoms with Gasteiger partial charge in [0.2, 0.25) is 10.0 Å². The maximum Gasteiger partial charge on any atom is 0.337 e. The topological polar surface area (TPSA) is 84.5 Å². The van der Waals surface area contributed by atoms with Gasteiger partial charge in [0.15, 0.2) is 0 Å². The van der Waals surface area contributed by atoms with Gasteiger partial charge >= 0.3 is 5.97 Å². The van der Waals surface area contributed by atoms with E-state index in [1.807, 2.05) is 6.92 Å². The third-order valence-corrected chi connectivity index (χ3v) is 6.20. The first-order valence-electron chi connectivity index (χ1n) is 6.96. The Labute approximate surface area is 138 Å². The fourth-order valence-corrected chi connectivity index (χ4v) is 4.87. The predicted molar refractivity (Wildman–Crippen MR) is 86.2 cm³/mol. The van der Waals surface area contributed by atoms with E-state index in [1.54, 1.807) is 0 Å². The summed E-state index contributed by atoms with van der Waals surface area (Å²) in [5.74, 6) is -0.291. The van der Waals surface area contributed by atoms with Crippen molar-refractivity contribution in [3.05, 3.63) is 28.2 Å². The van der Waals surface area contributed by atoms with Crippen LogP contribution in [-0.2, 0) is 14.8 Å². The van der Waals surface area contributed by atoms with Gasteiger partial charge in [-0.25, -0.2) is 17.9 Å². The molecule has 1 saturated heterocycles. The van der Waals surface area contributed by atoms with Crippen LogP contribution >= 0.6 is 15.9 Å². The van der Waals surface area contributed by atoms with Crippen LogP contribution in [0.3, 0.4) is 0 Å². The molecule has 8 heteroatoms. The van der Waals surface area contributed by atoms with Gasteiger partial charge < -0.3 is 10.1 Å². The third kappa shape index (κ3) is 3.87. The average molecular weight is 391 g/mol. The first-order chi connectivity index (χ1) is 10.3. The van der Waals surface area contributed by atoms with E-state index in [0.29, 0.717) is 10.0 Å². The summed E-state index contributed by atoms with van der Waals surface area (Å²) in [7, 11) is -2.37. The average Bonchev–Trinajstić information content (AvgIpc) is 2.48. The zero-order valence-electron chi connectivity index (χ0n) is 12.4. The Balaban J connectivity index is 2.24. The molecule has 0 bridgehead atoms. The van der Waals surface area contributed by atoms with E-state index >= 15 is 0 Å². The van der Waals surface area contributed by atoms with Gasteiger partial charge in [-0.05, 0) is 59.6 Å². The monoisotopic (exact) mass is 390 g/mol. The number of hydrogen-bond donors (Lipinski definition) is 2. The Morgan fingerprint density at radius 1 is 1.45 bits per heavy atom. The number of hydrogen-bond acceptors (Lipinski definition) is 5. The summed E-state index contributed by atoms with van der Waals surface area (Å²) >= 11 is 3.22. The lowest BCUT2D eigenvalue weighted by Gasteiger charge is -2.30. The molecular weight excluding hydrogens is 372 g/mol. The molecule has 22 heavy (non-hydrogen) atoms.